The van der Waals surface area contributed by atoms with Gasteiger partial charge in [-0.2, -0.15) is 0 Å². The van der Waals surface area contributed by atoms with Gasteiger partial charge in [0.05, 0.1) is 0 Å². The molecule has 0 spiro atoms. The maximum atomic E-state index is 12.0. The van der Waals surface area contributed by atoms with Crippen LogP contribution in [0.4, 0.5) is 0 Å². The molecular formula is C13H19NO3S. The van der Waals surface area contributed by atoms with Crippen molar-refractivity contribution in [1.29, 1.82) is 0 Å². The third-order valence-corrected chi connectivity index (χ3v) is 4.18. The van der Waals surface area contributed by atoms with E-state index in [1.54, 1.807) is 0 Å². The zero-order chi connectivity index (χ0) is 13.5. The van der Waals surface area contributed by atoms with Gasteiger partial charge in [0.25, 0.3) is 0 Å². The molecule has 4 nitrogen and oxygen atoms in total. The molecule has 0 bridgehead atoms. The number of rotatable bonds is 7. The van der Waals surface area contributed by atoms with Crippen LogP contribution in [0.2, 0.25) is 0 Å². The summed E-state index contributed by atoms with van der Waals surface area (Å²) in [7, 11) is 2.41. The highest BCUT2D eigenvalue weighted by Crippen LogP contribution is 2.09. The molecule has 0 aliphatic carbocycles. The van der Waals surface area contributed by atoms with E-state index in [9.17, 15) is 9.00 Å². The van der Waals surface area contributed by atoms with Gasteiger partial charge < -0.3 is 10.0 Å². The second-order valence-corrected chi connectivity index (χ2v) is 6.14. The predicted octanol–water partition coefficient (Wildman–Crippen LogP) is 0.993. The minimum absolute atomic E-state index is 0.316. The van der Waals surface area contributed by atoms with Crippen LogP contribution in [0.3, 0.4) is 0 Å². The second-order valence-electron chi connectivity index (χ2n) is 4.40. The molecule has 0 amide bonds. The molecule has 18 heavy (non-hydrogen) atoms. The van der Waals surface area contributed by atoms with Crippen LogP contribution in [0.1, 0.15) is 5.56 Å². The van der Waals surface area contributed by atoms with Gasteiger partial charge in [0.2, 0.25) is 0 Å². The highest BCUT2D eigenvalue weighted by Gasteiger charge is 2.24. The first kappa shape index (κ1) is 14.9. The maximum absolute atomic E-state index is 12.0. The fraction of sp³-hybridized carbons (Fsp3) is 0.462. The van der Waals surface area contributed by atoms with E-state index in [1.807, 2.05) is 49.3 Å². The Kier molecular flexibility index (Phi) is 6.01. The van der Waals surface area contributed by atoms with Crippen molar-refractivity contribution in [2.24, 2.45) is 0 Å². The van der Waals surface area contributed by atoms with Crippen molar-refractivity contribution >= 4 is 16.8 Å². The number of benzene rings is 1. The fourth-order valence-corrected chi connectivity index (χ4v) is 2.97. The molecule has 0 saturated carbocycles. The molecule has 0 saturated heterocycles. The molecule has 5 heteroatoms. The summed E-state index contributed by atoms with van der Waals surface area (Å²) in [5.74, 6) is -0.604. The van der Waals surface area contributed by atoms with Crippen molar-refractivity contribution in [3.05, 3.63) is 35.9 Å². The van der Waals surface area contributed by atoms with Crippen LogP contribution >= 0.6 is 0 Å². The summed E-state index contributed by atoms with van der Waals surface area (Å²) in [6, 6.07) is 9.31. The molecule has 1 aromatic carbocycles. The predicted molar refractivity (Wildman–Crippen MR) is 73.1 cm³/mol. The van der Waals surface area contributed by atoms with Gasteiger partial charge in [-0.25, -0.2) is 0 Å². The molecule has 0 heterocycles. The average molecular weight is 269 g/mol. The Morgan fingerprint density at radius 1 is 1.33 bits per heavy atom. The molecule has 1 aromatic rings. The van der Waals surface area contributed by atoms with Crippen molar-refractivity contribution in [3.8, 4) is 0 Å². The Bertz CT molecular complexity index is 406. The number of carboxylic acids is 1. The lowest BCUT2D eigenvalue weighted by molar-refractivity contribution is -0.136. The second kappa shape index (κ2) is 7.28. The highest BCUT2D eigenvalue weighted by atomic mass is 32.2. The summed E-state index contributed by atoms with van der Waals surface area (Å²) in [4.78, 5) is 13.1. The van der Waals surface area contributed by atoms with Crippen LogP contribution in [0.15, 0.2) is 30.3 Å². The number of hydrogen-bond acceptors (Lipinski definition) is 3. The van der Waals surface area contributed by atoms with Crippen LogP contribution in [0, 0.1) is 0 Å². The third-order valence-electron chi connectivity index (χ3n) is 2.60. The zero-order valence-electron chi connectivity index (χ0n) is 10.7. The summed E-state index contributed by atoms with van der Waals surface area (Å²) in [6.07, 6.45) is 0.316. The van der Waals surface area contributed by atoms with Crippen LogP contribution in [0.25, 0.3) is 0 Å². The van der Waals surface area contributed by atoms with Crippen molar-refractivity contribution in [3.63, 3.8) is 0 Å². The Morgan fingerprint density at radius 3 is 2.44 bits per heavy atom. The lowest BCUT2D eigenvalue weighted by Gasteiger charge is -2.14. The van der Waals surface area contributed by atoms with Crippen molar-refractivity contribution in [2.45, 2.75) is 11.7 Å². The van der Waals surface area contributed by atoms with E-state index in [1.165, 1.54) is 0 Å². The lowest BCUT2D eigenvalue weighted by atomic mass is 10.1. The number of nitrogens with zero attached hydrogens (tertiary/aromatic N) is 1. The van der Waals surface area contributed by atoms with E-state index >= 15 is 0 Å². The van der Waals surface area contributed by atoms with Crippen molar-refractivity contribution in [2.75, 3.05) is 26.4 Å². The van der Waals surface area contributed by atoms with E-state index in [-0.39, 0.29) is 0 Å². The normalized spacial score (nSPS) is 14.4. The first-order valence-corrected chi connectivity index (χ1v) is 7.17. The Hall–Kier alpha value is -1.20. The summed E-state index contributed by atoms with van der Waals surface area (Å²) in [6.45, 7) is 0.630. The van der Waals surface area contributed by atoms with E-state index in [2.05, 4.69) is 0 Å². The van der Waals surface area contributed by atoms with Gasteiger partial charge in [-0.05, 0) is 26.1 Å². The number of aliphatic carboxylic acids is 1. The number of hydrogen-bond donors (Lipinski definition) is 1. The Morgan fingerprint density at radius 2 is 1.94 bits per heavy atom. The Balaban J connectivity index is 2.65. The van der Waals surface area contributed by atoms with Gasteiger partial charge in [0, 0.05) is 23.1 Å². The maximum Gasteiger partial charge on any atom is 0.319 e. The van der Waals surface area contributed by atoms with E-state index in [0.29, 0.717) is 18.7 Å². The van der Waals surface area contributed by atoms with E-state index in [0.717, 1.165) is 5.56 Å². The monoisotopic (exact) mass is 269 g/mol. The van der Waals surface area contributed by atoms with Gasteiger partial charge in [0.15, 0.2) is 0 Å². The molecule has 0 aromatic heterocycles. The van der Waals surface area contributed by atoms with Gasteiger partial charge in [0.1, 0.15) is 5.25 Å². The summed E-state index contributed by atoms with van der Waals surface area (Å²) < 4.78 is 12.0. The fourth-order valence-electron chi connectivity index (χ4n) is 1.54. The van der Waals surface area contributed by atoms with Crippen LogP contribution in [-0.2, 0) is 22.0 Å². The SMILES string of the molecule is CN(C)CCS(=O)C(Cc1ccccc1)C(=O)O. The zero-order valence-corrected chi connectivity index (χ0v) is 11.5. The summed E-state index contributed by atoms with van der Waals surface area (Å²) >= 11 is 0. The van der Waals surface area contributed by atoms with Crippen molar-refractivity contribution < 1.29 is 14.1 Å². The smallest absolute Gasteiger partial charge is 0.319 e. The van der Waals surface area contributed by atoms with Crippen LogP contribution in [0.5, 0.6) is 0 Å². The van der Waals surface area contributed by atoms with Gasteiger partial charge >= 0.3 is 5.97 Å². The first-order valence-electron chi connectivity index (χ1n) is 5.79. The van der Waals surface area contributed by atoms with Gasteiger partial charge in [-0.15, -0.1) is 0 Å². The molecule has 0 fully saturated rings. The van der Waals surface area contributed by atoms with Crippen molar-refractivity contribution in [1.82, 2.24) is 4.90 Å². The molecular weight excluding hydrogens is 250 g/mol. The van der Waals surface area contributed by atoms with Gasteiger partial charge in [-0.1, -0.05) is 30.3 Å². The Labute approximate surface area is 110 Å². The standard InChI is InChI=1S/C13H19NO3S/c1-14(2)8-9-18(17)12(13(15)16)10-11-6-4-3-5-7-11/h3-7,12H,8-10H2,1-2H3,(H,15,16). The molecule has 1 rings (SSSR count). The topological polar surface area (TPSA) is 57.6 Å². The molecule has 1 N–H and O–H groups in total. The number of carbonyl (C=O) groups is 1. The molecule has 0 radical (unpaired) electrons. The quantitative estimate of drug-likeness (QED) is 0.802. The molecule has 0 aliphatic rings. The number of carboxylic acid groups (broad SMARTS) is 1. The molecule has 2 unspecified atom stereocenters. The minimum Gasteiger partial charge on any atom is -0.480 e. The molecule has 0 aliphatic heterocycles. The summed E-state index contributed by atoms with van der Waals surface area (Å²) in [5, 5.41) is 8.34. The largest absolute Gasteiger partial charge is 0.480 e. The van der Waals surface area contributed by atoms with E-state index in [4.69, 9.17) is 5.11 Å². The summed E-state index contributed by atoms with van der Waals surface area (Å²) in [5.41, 5.74) is 0.906. The lowest BCUT2D eigenvalue weighted by Crippen LogP contribution is -2.32. The molecule has 2 atom stereocenters. The van der Waals surface area contributed by atoms with Crippen LogP contribution < -0.4 is 0 Å². The highest BCUT2D eigenvalue weighted by molar-refractivity contribution is 7.86. The first-order chi connectivity index (χ1) is 8.50. The van der Waals surface area contributed by atoms with Crippen LogP contribution in [-0.4, -0.2) is 51.8 Å². The minimum atomic E-state index is -1.35. The average Bonchev–Trinajstić information content (AvgIpc) is 2.34. The van der Waals surface area contributed by atoms with E-state index < -0.39 is 22.0 Å². The third kappa shape index (κ3) is 4.98. The molecule has 100 valence electrons. The van der Waals surface area contributed by atoms with Gasteiger partial charge in [-0.3, -0.25) is 9.00 Å².